The van der Waals surface area contributed by atoms with E-state index in [0.717, 1.165) is 17.3 Å². The van der Waals surface area contributed by atoms with Crippen molar-refractivity contribution in [3.63, 3.8) is 0 Å². The van der Waals surface area contributed by atoms with Crippen LogP contribution in [0.3, 0.4) is 0 Å². The van der Waals surface area contributed by atoms with Crippen molar-refractivity contribution in [1.82, 2.24) is 0 Å². The summed E-state index contributed by atoms with van der Waals surface area (Å²) < 4.78 is 5.22. The summed E-state index contributed by atoms with van der Waals surface area (Å²) in [6, 6.07) is 8.19. The van der Waals surface area contributed by atoms with Gasteiger partial charge >= 0.3 is 0 Å². The summed E-state index contributed by atoms with van der Waals surface area (Å²) in [5.41, 5.74) is 1.46. The van der Waals surface area contributed by atoms with E-state index in [2.05, 4.69) is 41.8 Å². The largest absolute Gasteiger partial charge is 0.497 e. The molecule has 0 unspecified atom stereocenters. The summed E-state index contributed by atoms with van der Waals surface area (Å²) in [6.07, 6.45) is 11.5. The van der Waals surface area contributed by atoms with Crippen LogP contribution in [0.1, 0.15) is 12.8 Å². The maximum Gasteiger partial charge on any atom is 0.119 e. The highest BCUT2D eigenvalue weighted by atomic mass is 33.1. The number of thioether (sulfide) groups is 1. The highest BCUT2D eigenvalue weighted by Gasteiger charge is 1.97. The molecule has 21 heavy (non-hydrogen) atoms. The van der Waals surface area contributed by atoms with Crippen LogP contribution in [-0.4, -0.2) is 18.6 Å². The van der Waals surface area contributed by atoms with Gasteiger partial charge in [0, 0.05) is 16.4 Å². The molecular formula is C17H20OS3. The second-order valence-corrected chi connectivity index (χ2v) is 7.85. The third-order valence-corrected chi connectivity index (χ3v) is 5.84. The number of benzene rings is 1. The van der Waals surface area contributed by atoms with E-state index in [1.807, 2.05) is 45.5 Å². The third kappa shape index (κ3) is 6.72. The molecule has 2 rings (SSSR count). The molecule has 0 spiro atoms. The maximum absolute atomic E-state index is 5.22. The lowest BCUT2D eigenvalue weighted by molar-refractivity contribution is 0.413. The molecule has 1 nitrogen and oxygen atoms in total. The predicted molar refractivity (Wildman–Crippen MR) is 99.4 cm³/mol. The van der Waals surface area contributed by atoms with E-state index in [9.17, 15) is 0 Å². The van der Waals surface area contributed by atoms with Gasteiger partial charge in [-0.2, -0.15) is 0 Å². The number of hydrogen-bond donors (Lipinski definition) is 0. The van der Waals surface area contributed by atoms with Crippen molar-refractivity contribution in [3.05, 3.63) is 59.6 Å². The average Bonchev–Trinajstić information content (AvgIpc) is 2.55. The zero-order valence-corrected chi connectivity index (χ0v) is 14.6. The minimum atomic E-state index is 0.919. The van der Waals surface area contributed by atoms with E-state index in [1.54, 1.807) is 7.11 Å². The van der Waals surface area contributed by atoms with Crippen LogP contribution in [0.15, 0.2) is 64.4 Å². The molecule has 0 bridgehead atoms. The summed E-state index contributed by atoms with van der Waals surface area (Å²) in [4.78, 5) is 1.24. The highest BCUT2D eigenvalue weighted by molar-refractivity contribution is 8.77. The highest BCUT2D eigenvalue weighted by Crippen LogP contribution is 2.28. The van der Waals surface area contributed by atoms with Gasteiger partial charge in [-0.15, -0.1) is 11.8 Å². The lowest BCUT2D eigenvalue weighted by atomic mass is 10.1. The van der Waals surface area contributed by atoms with Gasteiger partial charge in [-0.25, -0.2) is 0 Å². The van der Waals surface area contributed by atoms with Gasteiger partial charge in [0.2, 0.25) is 0 Å². The van der Waals surface area contributed by atoms with Gasteiger partial charge in [-0.1, -0.05) is 52.0 Å². The van der Waals surface area contributed by atoms with Crippen LogP contribution in [0.2, 0.25) is 0 Å². The monoisotopic (exact) mass is 336 g/mol. The van der Waals surface area contributed by atoms with Crippen LogP contribution in [0.25, 0.3) is 0 Å². The Labute approximate surface area is 139 Å². The standard InChI is InChI=1S/C17H20OS3/c1-18-16-9-5-10-17(13-16)19-11-6-12-20-21-14-15-7-3-2-4-8-15/h3,5-10,12-13H,2,4,11,14H2,1H3/b12-6+. The zero-order valence-electron chi connectivity index (χ0n) is 12.2. The van der Waals surface area contributed by atoms with Crippen molar-refractivity contribution >= 4 is 33.3 Å². The van der Waals surface area contributed by atoms with Crippen LogP contribution in [0, 0.1) is 0 Å². The minimum absolute atomic E-state index is 0.919. The van der Waals surface area contributed by atoms with Gasteiger partial charge in [-0.05, 0) is 42.0 Å². The number of hydrogen-bond acceptors (Lipinski definition) is 4. The van der Waals surface area contributed by atoms with Crippen molar-refractivity contribution < 1.29 is 4.74 Å². The molecule has 1 aromatic rings. The smallest absolute Gasteiger partial charge is 0.119 e. The summed E-state index contributed by atoms with van der Waals surface area (Å²) in [5, 5.41) is 2.19. The fourth-order valence-electron chi connectivity index (χ4n) is 1.83. The van der Waals surface area contributed by atoms with Crippen molar-refractivity contribution in [3.8, 4) is 5.75 Å². The van der Waals surface area contributed by atoms with Crippen LogP contribution < -0.4 is 4.74 Å². The molecule has 0 radical (unpaired) electrons. The van der Waals surface area contributed by atoms with Crippen molar-refractivity contribution in [1.29, 1.82) is 0 Å². The number of ether oxygens (including phenoxy) is 1. The maximum atomic E-state index is 5.22. The Morgan fingerprint density at radius 1 is 1.29 bits per heavy atom. The number of allylic oxidation sites excluding steroid dienone is 3. The van der Waals surface area contributed by atoms with Crippen LogP contribution in [0.5, 0.6) is 5.75 Å². The van der Waals surface area contributed by atoms with E-state index in [1.165, 1.54) is 23.3 Å². The Morgan fingerprint density at radius 3 is 3.05 bits per heavy atom. The lowest BCUT2D eigenvalue weighted by Gasteiger charge is -2.04. The summed E-state index contributed by atoms with van der Waals surface area (Å²) in [6.45, 7) is 0. The van der Waals surface area contributed by atoms with Crippen molar-refractivity contribution in [2.75, 3.05) is 18.6 Å². The fraction of sp³-hybridized carbons (Fsp3) is 0.294. The Morgan fingerprint density at radius 2 is 2.24 bits per heavy atom. The Hall–Kier alpha value is -0.710. The number of rotatable bonds is 8. The van der Waals surface area contributed by atoms with Gasteiger partial charge in [0.15, 0.2) is 0 Å². The normalized spacial score (nSPS) is 14.4. The Bertz CT molecular complexity index is 521. The lowest BCUT2D eigenvalue weighted by Crippen LogP contribution is -1.86. The molecule has 1 aliphatic carbocycles. The molecule has 0 fully saturated rings. The van der Waals surface area contributed by atoms with Crippen molar-refractivity contribution in [2.45, 2.75) is 17.7 Å². The molecule has 0 aliphatic heterocycles. The van der Waals surface area contributed by atoms with Crippen LogP contribution in [0.4, 0.5) is 0 Å². The third-order valence-electron chi connectivity index (χ3n) is 2.90. The molecule has 4 heteroatoms. The first-order chi connectivity index (χ1) is 10.4. The Balaban J connectivity index is 1.59. The zero-order chi connectivity index (χ0) is 14.8. The van der Waals surface area contributed by atoms with E-state index >= 15 is 0 Å². The molecule has 1 aliphatic rings. The van der Waals surface area contributed by atoms with E-state index in [-0.39, 0.29) is 0 Å². The molecule has 112 valence electrons. The predicted octanol–water partition coefficient (Wildman–Crippen LogP) is 5.96. The first kappa shape index (κ1) is 16.7. The number of methoxy groups -OCH3 is 1. The average molecular weight is 337 g/mol. The fourth-order valence-corrected chi connectivity index (χ4v) is 4.47. The quantitative estimate of drug-likeness (QED) is 0.329. The van der Waals surface area contributed by atoms with Crippen LogP contribution >= 0.6 is 33.3 Å². The molecule has 0 atom stereocenters. The van der Waals surface area contributed by atoms with Gasteiger partial charge < -0.3 is 4.74 Å². The SMILES string of the molecule is COc1cccc(SC/C=C/SSCC2=CCCC=C2)c1. The molecule has 0 heterocycles. The first-order valence-corrected chi connectivity index (χ1v) is 10.3. The van der Waals surface area contributed by atoms with E-state index < -0.39 is 0 Å². The van der Waals surface area contributed by atoms with Gasteiger partial charge in [0.1, 0.15) is 5.75 Å². The molecule has 0 aromatic heterocycles. The molecule has 1 aromatic carbocycles. The van der Waals surface area contributed by atoms with Gasteiger partial charge in [0.05, 0.1) is 7.11 Å². The second-order valence-electron chi connectivity index (χ2n) is 4.48. The molecule has 0 amide bonds. The summed E-state index contributed by atoms with van der Waals surface area (Å²) in [7, 11) is 5.41. The summed E-state index contributed by atoms with van der Waals surface area (Å²) in [5.74, 6) is 3.00. The second kappa shape index (κ2) is 10.1. The van der Waals surface area contributed by atoms with Crippen molar-refractivity contribution in [2.24, 2.45) is 0 Å². The topological polar surface area (TPSA) is 9.23 Å². The van der Waals surface area contributed by atoms with Gasteiger partial charge in [0.25, 0.3) is 0 Å². The van der Waals surface area contributed by atoms with Crippen LogP contribution in [-0.2, 0) is 0 Å². The Kier molecular flexibility index (Phi) is 8.00. The van der Waals surface area contributed by atoms with Gasteiger partial charge in [-0.3, -0.25) is 0 Å². The molecule has 0 saturated carbocycles. The first-order valence-electron chi connectivity index (χ1n) is 6.94. The molecular weight excluding hydrogens is 316 g/mol. The van der Waals surface area contributed by atoms with E-state index in [4.69, 9.17) is 4.74 Å². The minimum Gasteiger partial charge on any atom is -0.497 e. The molecule has 0 N–H and O–H groups in total. The molecule has 0 saturated heterocycles. The van der Waals surface area contributed by atoms with E-state index in [0.29, 0.717) is 0 Å². The summed E-state index contributed by atoms with van der Waals surface area (Å²) >= 11 is 1.82.